The molecule has 0 spiro atoms. The Hall–Kier alpha value is -3.41. The van der Waals surface area contributed by atoms with Gasteiger partial charge in [-0.15, -0.1) is 0 Å². The van der Waals surface area contributed by atoms with Crippen LogP contribution in [0.15, 0.2) is 60.8 Å². The summed E-state index contributed by atoms with van der Waals surface area (Å²) < 4.78 is 10.4. The molecule has 2 aromatic carbocycles. The Morgan fingerprint density at radius 1 is 1.07 bits per heavy atom. The van der Waals surface area contributed by atoms with Gasteiger partial charge in [0.15, 0.2) is 5.82 Å². The van der Waals surface area contributed by atoms with Crippen molar-refractivity contribution in [2.24, 2.45) is 0 Å². The van der Waals surface area contributed by atoms with Crippen LogP contribution >= 0.6 is 0 Å². The van der Waals surface area contributed by atoms with Gasteiger partial charge in [-0.05, 0) is 36.8 Å². The molecule has 1 aromatic heterocycles. The van der Waals surface area contributed by atoms with Crippen LogP contribution in [0.2, 0.25) is 0 Å². The minimum atomic E-state index is -0.432. The number of carbonyl (C=O) groups excluding carboxylic acids is 1. The molecular formula is C22H23N3O3. The van der Waals surface area contributed by atoms with Crippen LogP contribution in [0.5, 0.6) is 5.75 Å². The van der Waals surface area contributed by atoms with Crippen molar-refractivity contribution in [3.8, 4) is 17.1 Å². The van der Waals surface area contributed by atoms with E-state index in [-0.39, 0.29) is 0 Å². The third kappa shape index (κ3) is 4.46. The maximum absolute atomic E-state index is 12.4. The van der Waals surface area contributed by atoms with Gasteiger partial charge in [-0.3, -0.25) is 0 Å². The van der Waals surface area contributed by atoms with Crippen LogP contribution in [0, 0.1) is 0 Å². The van der Waals surface area contributed by atoms with Gasteiger partial charge in [0.05, 0.1) is 13.7 Å². The number of anilines is 1. The van der Waals surface area contributed by atoms with Crippen molar-refractivity contribution in [3.05, 3.63) is 71.9 Å². The fourth-order valence-corrected chi connectivity index (χ4v) is 2.83. The zero-order chi connectivity index (χ0) is 19.9. The highest BCUT2D eigenvalue weighted by Crippen LogP contribution is 2.25. The van der Waals surface area contributed by atoms with Crippen molar-refractivity contribution < 1.29 is 14.3 Å². The van der Waals surface area contributed by atoms with E-state index in [4.69, 9.17) is 9.47 Å². The van der Waals surface area contributed by atoms with E-state index in [1.165, 1.54) is 6.20 Å². The molecule has 0 fully saturated rings. The van der Waals surface area contributed by atoms with Crippen molar-refractivity contribution in [2.75, 3.05) is 25.7 Å². The molecule has 3 rings (SSSR count). The summed E-state index contributed by atoms with van der Waals surface area (Å²) in [5.41, 5.74) is 2.30. The lowest BCUT2D eigenvalue weighted by Gasteiger charge is -2.21. The Kier molecular flexibility index (Phi) is 6.22. The number of benzene rings is 2. The third-order valence-electron chi connectivity index (χ3n) is 4.24. The summed E-state index contributed by atoms with van der Waals surface area (Å²) in [6, 6.07) is 17.5. The predicted molar refractivity (Wildman–Crippen MR) is 109 cm³/mol. The average Bonchev–Trinajstić information content (AvgIpc) is 2.74. The van der Waals surface area contributed by atoms with Crippen molar-refractivity contribution in [2.45, 2.75) is 13.5 Å². The summed E-state index contributed by atoms with van der Waals surface area (Å²) in [6.07, 6.45) is 1.53. The normalized spacial score (nSPS) is 10.4. The van der Waals surface area contributed by atoms with E-state index in [0.29, 0.717) is 30.4 Å². The number of hydrogen-bond acceptors (Lipinski definition) is 6. The number of esters is 1. The van der Waals surface area contributed by atoms with Gasteiger partial charge in [0, 0.05) is 25.4 Å². The first-order valence-electron chi connectivity index (χ1n) is 9.06. The molecule has 3 aromatic rings. The zero-order valence-corrected chi connectivity index (χ0v) is 16.3. The second kappa shape index (κ2) is 8.99. The van der Waals surface area contributed by atoms with Gasteiger partial charge in [-0.1, -0.05) is 30.3 Å². The number of nitrogens with zero attached hydrogens (tertiary/aromatic N) is 3. The Labute approximate surface area is 164 Å². The molecule has 0 radical (unpaired) electrons. The maximum Gasteiger partial charge on any atom is 0.343 e. The third-order valence-corrected chi connectivity index (χ3v) is 4.24. The molecule has 144 valence electrons. The van der Waals surface area contributed by atoms with Gasteiger partial charge in [0.2, 0.25) is 0 Å². The molecule has 0 amide bonds. The Bertz CT molecular complexity index is 928. The van der Waals surface area contributed by atoms with E-state index in [1.807, 2.05) is 66.5 Å². The van der Waals surface area contributed by atoms with Gasteiger partial charge in [-0.25, -0.2) is 14.8 Å². The van der Waals surface area contributed by atoms with E-state index in [2.05, 4.69) is 9.97 Å². The van der Waals surface area contributed by atoms with Crippen LogP contribution < -0.4 is 9.64 Å². The molecule has 1 heterocycles. The van der Waals surface area contributed by atoms with Crippen molar-refractivity contribution in [3.63, 3.8) is 0 Å². The van der Waals surface area contributed by atoms with Crippen molar-refractivity contribution >= 4 is 11.8 Å². The molecule has 0 bridgehead atoms. The molecule has 0 aliphatic heterocycles. The number of ether oxygens (including phenoxy) is 2. The maximum atomic E-state index is 12.4. The van der Waals surface area contributed by atoms with Gasteiger partial charge in [-0.2, -0.15) is 0 Å². The van der Waals surface area contributed by atoms with Crippen LogP contribution in [0.25, 0.3) is 11.4 Å². The molecular weight excluding hydrogens is 354 g/mol. The summed E-state index contributed by atoms with van der Waals surface area (Å²) in [5.74, 6) is 1.39. The van der Waals surface area contributed by atoms with Crippen LogP contribution in [0.4, 0.5) is 5.82 Å². The molecule has 6 nitrogen and oxygen atoms in total. The number of rotatable bonds is 7. The average molecular weight is 377 g/mol. The summed E-state index contributed by atoms with van der Waals surface area (Å²) in [5, 5.41) is 0. The quantitative estimate of drug-likeness (QED) is 0.581. The molecule has 0 atom stereocenters. The lowest BCUT2D eigenvalue weighted by Crippen LogP contribution is -2.22. The summed E-state index contributed by atoms with van der Waals surface area (Å²) >= 11 is 0. The lowest BCUT2D eigenvalue weighted by molar-refractivity contribution is 0.0526. The zero-order valence-electron chi connectivity index (χ0n) is 16.3. The standard InChI is InChI=1S/C22H23N3O3/c1-4-28-22(26)19-14-23-20(17-10-12-18(27-3)13-11-17)24-21(19)25(2)15-16-8-6-5-7-9-16/h5-14H,4,15H2,1-3H3. The highest BCUT2D eigenvalue weighted by Gasteiger charge is 2.19. The van der Waals surface area contributed by atoms with E-state index in [1.54, 1.807) is 14.0 Å². The number of methoxy groups -OCH3 is 1. The molecule has 6 heteroatoms. The summed E-state index contributed by atoms with van der Waals surface area (Å²) in [7, 11) is 3.52. The smallest absolute Gasteiger partial charge is 0.343 e. The minimum absolute atomic E-state index is 0.293. The molecule has 0 saturated heterocycles. The first-order chi connectivity index (χ1) is 13.6. The largest absolute Gasteiger partial charge is 0.497 e. The monoisotopic (exact) mass is 377 g/mol. The minimum Gasteiger partial charge on any atom is -0.497 e. The van der Waals surface area contributed by atoms with Crippen LogP contribution in [-0.2, 0) is 11.3 Å². The van der Waals surface area contributed by atoms with Crippen LogP contribution in [0.1, 0.15) is 22.8 Å². The van der Waals surface area contributed by atoms with E-state index < -0.39 is 5.97 Å². The van der Waals surface area contributed by atoms with Gasteiger partial charge < -0.3 is 14.4 Å². The predicted octanol–water partition coefficient (Wildman–Crippen LogP) is 3.97. The number of carbonyl (C=O) groups is 1. The number of hydrogen-bond donors (Lipinski definition) is 0. The van der Waals surface area contributed by atoms with E-state index in [9.17, 15) is 4.79 Å². The fourth-order valence-electron chi connectivity index (χ4n) is 2.83. The van der Waals surface area contributed by atoms with Gasteiger partial charge in [0.1, 0.15) is 17.1 Å². The SMILES string of the molecule is CCOC(=O)c1cnc(-c2ccc(OC)cc2)nc1N(C)Cc1ccccc1. The lowest BCUT2D eigenvalue weighted by atomic mass is 10.2. The molecule has 0 aliphatic carbocycles. The Morgan fingerprint density at radius 3 is 2.43 bits per heavy atom. The van der Waals surface area contributed by atoms with Gasteiger partial charge >= 0.3 is 5.97 Å². The topological polar surface area (TPSA) is 64.5 Å². The van der Waals surface area contributed by atoms with E-state index in [0.717, 1.165) is 16.9 Å². The molecule has 0 unspecified atom stereocenters. The van der Waals surface area contributed by atoms with Crippen molar-refractivity contribution in [1.82, 2.24) is 9.97 Å². The Morgan fingerprint density at radius 2 is 1.79 bits per heavy atom. The van der Waals surface area contributed by atoms with E-state index >= 15 is 0 Å². The van der Waals surface area contributed by atoms with Crippen LogP contribution in [-0.4, -0.2) is 36.7 Å². The van der Waals surface area contributed by atoms with Gasteiger partial charge in [0.25, 0.3) is 0 Å². The molecule has 0 saturated carbocycles. The molecule has 0 aliphatic rings. The molecule has 0 N–H and O–H groups in total. The fraction of sp³-hybridized carbons (Fsp3) is 0.227. The molecule has 28 heavy (non-hydrogen) atoms. The first-order valence-corrected chi connectivity index (χ1v) is 9.06. The Balaban J connectivity index is 1.98. The van der Waals surface area contributed by atoms with Crippen molar-refractivity contribution in [1.29, 1.82) is 0 Å². The number of aromatic nitrogens is 2. The van der Waals surface area contributed by atoms with Crippen LogP contribution in [0.3, 0.4) is 0 Å². The highest BCUT2D eigenvalue weighted by atomic mass is 16.5. The second-order valence-corrected chi connectivity index (χ2v) is 6.22. The highest BCUT2D eigenvalue weighted by molar-refractivity contribution is 5.94. The summed E-state index contributed by atoms with van der Waals surface area (Å²) in [6.45, 7) is 2.67. The second-order valence-electron chi connectivity index (χ2n) is 6.22. The first kappa shape index (κ1) is 19.4. The summed E-state index contributed by atoms with van der Waals surface area (Å²) in [4.78, 5) is 23.4.